The Bertz CT molecular complexity index is 973. The normalized spacial score (nSPS) is 15.6. The van der Waals surface area contributed by atoms with Crippen molar-refractivity contribution >= 4 is 33.2 Å². The minimum atomic E-state index is -3.77. The molecule has 0 spiro atoms. The SMILES string of the molecule is Cc1ccc(NS(=O)(=O)c2ccc(O[C@H](C)C(=O)N3CCOCC3)cc2)cc1Cl. The summed E-state index contributed by atoms with van der Waals surface area (Å²) in [6.07, 6.45) is -0.677. The zero-order chi connectivity index (χ0) is 21.0. The van der Waals surface area contributed by atoms with Crippen molar-refractivity contribution in [2.45, 2.75) is 24.8 Å². The largest absolute Gasteiger partial charge is 0.481 e. The Balaban J connectivity index is 1.65. The van der Waals surface area contributed by atoms with E-state index in [-0.39, 0.29) is 10.8 Å². The van der Waals surface area contributed by atoms with E-state index in [0.29, 0.717) is 42.8 Å². The summed E-state index contributed by atoms with van der Waals surface area (Å²) in [4.78, 5) is 14.2. The highest BCUT2D eigenvalue weighted by Crippen LogP contribution is 2.24. The standard InChI is InChI=1S/C20H23ClN2O5S/c1-14-3-4-16(13-19(14)21)22-29(25,26)18-7-5-17(6-8-18)28-15(2)20(24)23-9-11-27-12-10-23/h3-8,13,15,22H,9-12H2,1-2H3/t15-/m1/s1. The molecule has 3 rings (SSSR count). The van der Waals surface area contributed by atoms with Crippen LogP contribution >= 0.6 is 11.6 Å². The smallest absolute Gasteiger partial charge is 0.263 e. The van der Waals surface area contributed by atoms with Crippen molar-refractivity contribution in [1.82, 2.24) is 4.90 Å². The predicted molar refractivity (Wildman–Crippen MR) is 111 cm³/mol. The lowest BCUT2D eigenvalue weighted by atomic mass is 10.2. The van der Waals surface area contributed by atoms with Crippen molar-refractivity contribution in [2.24, 2.45) is 0 Å². The number of morpholine rings is 1. The summed E-state index contributed by atoms with van der Waals surface area (Å²) >= 11 is 6.05. The number of benzene rings is 2. The van der Waals surface area contributed by atoms with E-state index in [0.717, 1.165) is 5.56 Å². The molecule has 2 aromatic rings. The van der Waals surface area contributed by atoms with E-state index >= 15 is 0 Å². The second-order valence-corrected chi connectivity index (χ2v) is 8.83. The highest BCUT2D eigenvalue weighted by atomic mass is 35.5. The van der Waals surface area contributed by atoms with Crippen LogP contribution in [0, 0.1) is 6.92 Å². The van der Waals surface area contributed by atoms with Gasteiger partial charge in [-0.2, -0.15) is 0 Å². The molecule has 0 radical (unpaired) electrons. The van der Waals surface area contributed by atoms with Crippen molar-refractivity contribution in [2.75, 3.05) is 31.0 Å². The molecule has 156 valence electrons. The first-order valence-electron chi connectivity index (χ1n) is 9.18. The third-order valence-electron chi connectivity index (χ3n) is 4.54. The summed E-state index contributed by atoms with van der Waals surface area (Å²) in [7, 11) is -3.77. The lowest BCUT2D eigenvalue weighted by molar-refractivity contribution is -0.142. The van der Waals surface area contributed by atoms with Crippen LogP contribution in [0.1, 0.15) is 12.5 Å². The van der Waals surface area contributed by atoms with Crippen LogP contribution < -0.4 is 9.46 Å². The van der Waals surface area contributed by atoms with Crippen molar-refractivity contribution in [3.8, 4) is 5.75 Å². The molecule has 1 aliphatic rings. The van der Waals surface area contributed by atoms with Gasteiger partial charge in [-0.1, -0.05) is 17.7 Å². The quantitative estimate of drug-likeness (QED) is 0.749. The van der Waals surface area contributed by atoms with Crippen LogP contribution in [0.5, 0.6) is 5.75 Å². The second kappa shape index (κ2) is 9.02. The van der Waals surface area contributed by atoms with E-state index in [2.05, 4.69) is 4.72 Å². The van der Waals surface area contributed by atoms with Gasteiger partial charge in [0.25, 0.3) is 15.9 Å². The minimum absolute atomic E-state index is 0.0775. The van der Waals surface area contributed by atoms with Crippen LogP contribution in [0.25, 0.3) is 0 Å². The first-order chi connectivity index (χ1) is 13.8. The summed E-state index contributed by atoms with van der Waals surface area (Å²) in [6.45, 7) is 5.63. The highest BCUT2D eigenvalue weighted by molar-refractivity contribution is 7.92. The van der Waals surface area contributed by atoms with Gasteiger partial charge in [-0.3, -0.25) is 9.52 Å². The fraction of sp³-hybridized carbons (Fsp3) is 0.350. The molecule has 1 amide bonds. The van der Waals surface area contributed by atoms with Gasteiger partial charge in [0.15, 0.2) is 6.10 Å². The summed E-state index contributed by atoms with van der Waals surface area (Å²) in [5.74, 6) is 0.291. The van der Waals surface area contributed by atoms with Gasteiger partial charge >= 0.3 is 0 Å². The van der Waals surface area contributed by atoms with Crippen LogP contribution in [-0.4, -0.2) is 51.6 Å². The van der Waals surface area contributed by atoms with Crippen molar-refractivity contribution in [3.63, 3.8) is 0 Å². The van der Waals surface area contributed by atoms with E-state index < -0.39 is 16.1 Å². The molecule has 0 aromatic heterocycles. The molecule has 1 heterocycles. The summed E-state index contributed by atoms with van der Waals surface area (Å²) in [6, 6.07) is 10.9. The van der Waals surface area contributed by atoms with Gasteiger partial charge in [-0.15, -0.1) is 0 Å². The number of carbonyl (C=O) groups is 1. The molecule has 9 heteroatoms. The predicted octanol–water partition coefficient (Wildman–Crippen LogP) is 3.08. The van der Waals surface area contributed by atoms with Gasteiger partial charge in [0.1, 0.15) is 5.75 Å². The lowest BCUT2D eigenvalue weighted by Gasteiger charge is -2.29. The maximum atomic E-state index is 12.6. The number of hydrogen-bond acceptors (Lipinski definition) is 5. The molecule has 1 aliphatic heterocycles. The topological polar surface area (TPSA) is 84.9 Å². The van der Waals surface area contributed by atoms with Crippen LogP contribution in [0.4, 0.5) is 5.69 Å². The Morgan fingerprint density at radius 2 is 1.83 bits per heavy atom. The van der Waals surface area contributed by atoms with E-state index in [1.165, 1.54) is 24.3 Å². The third-order valence-corrected chi connectivity index (χ3v) is 6.35. The maximum Gasteiger partial charge on any atom is 0.263 e. The molecule has 0 saturated carbocycles. The molecule has 2 aromatic carbocycles. The number of nitrogens with one attached hydrogen (secondary N) is 1. The number of amides is 1. The van der Waals surface area contributed by atoms with E-state index in [4.69, 9.17) is 21.1 Å². The van der Waals surface area contributed by atoms with E-state index in [1.807, 2.05) is 6.92 Å². The van der Waals surface area contributed by atoms with Gasteiger partial charge in [0, 0.05) is 18.1 Å². The lowest BCUT2D eigenvalue weighted by Crippen LogP contribution is -2.46. The van der Waals surface area contributed by atoms with Crippen LogP contribution in [0.2, 0.25) is 5.02 Å². The number of anilines is 1. The number of sulfonamides is 1. The summed E-state index contributed by atoms with van der Waals surface area (Å²) in [5.41, 5.74) is 1.24. The van der Waals surface area contributed by atoms with Gasteiger partial charge in [-0.25, -0.2) is 8.42 Å². The van der Waals surface area contributed by atoms with E-state index in [1.54, 1.807) is 30.0 Å². The number of aryl methyl sites for hydroxylation is 1. The van der Waals surface area contributed by atoms with Gasteiger partial charge in [-0.05, 0) is 55.8 Å². The fourth-order valence-corrected chi connectivity index (χ4v) is 4.09. The Labute approximate surface area is 175 Å². The zero-order valence-corrected chi connectivity index (χ0v) is 17.8. The van der Waals surface area contributed by atoms with Crippen LogP contribution in [0.3, 0.4) is 0 Å². The zero-order valence-electron chi connectivity index (χ0n) is 16.2. The highest BCUT2D eigenvalue weighted by Gasteiger charge is 2.24. The summed E-state index contributed by atoms with van der Waals surface area (Å²) in [5, 5.41) is 0.480. The molecule has 1 saturated heterocycles. The molecule has 0 unspecified atom stereocenters. The fourth-order valence-electron chi connectivity index (χ4n) is 2.86. The minimum Gasteiger partial charge on any atom is -0.481 e. The molecule has 0 aliphatic carbocycles. The molecular formula is C20H23ClN2O5S. The van der Waals surface area contributed by atoms with E-state index in [9.17, 15) is 13.2 Å². The van der Waals surface area contributed by atoms with Crippen LogP contribution in [-0.2, 0) is 19.6 Å². The second-order valence-electron chi connectivity index (χ2n) is 6.74. The molecule has 0 bridgehead atoms. The number of carbonyl (C=O) groups excluding carboxylic acids is 1. The van der Waals surface area contributed by atoms with Gasteiger partial charge in [0.05, 0.1) is 23.8 Å². The molecule has 7 nitrogen and oxygen atoms in total. The number of nitrogens with zero attached hydrogens (tertiary/aromatic N) is 1. The van der Waals surface area contributed by atoms with Gasteiger partial charge < -0.3 is 14.4 Å². The Morgan fingerprint density at radius 3 is 2.45 bits per heavy atom. The number of hydrogen-bond donors (Lipinski definition) is 1. The maximum absolute atomic E-state index is 12.6. The first kappa shape index (κ1) is 21.4. The van der Waals surface area contributed by atoms with Crippen molar-refractivity contribution in [1.29, 1.82) is 0 Å². The number of halogens is 1. The average Bonchev–Trinajstić information content (AvgIpc) is 2.71. The van der Waals surface area contributed by atoms with Crippen molar-refractivity contribution in [3.05, 3.63) is 53.1 Å². The van der Waals surface area contributed by atoms with Crippen LogP contribution in [0.15, 0.2) is 47.4 Å². The molecule has 29 heavy (non-hydrogen) atoms. The third kappa shape index (κ3) is 5.41. The molecule has 1 atom stereocenters. The van der Waals surface area contributed by atoms with Gasteiger partial charge in [0.2, 0.25) is 0 Å². The first-order valence-corrected chi connectivity index (χ1v) is 11.0. The molecule has 1 fully saturated rings. The number of rotatable bonds is 6. The van der Waals surface area contributed by atoms with Crippen molar-refractivity contribution < 1.29 is 22.7 Å². The average molecular weight is 439 g/mol. The molecular weight excluding hydrogens is 416 g/mol. The molecule has 1 N–H and O–H groups in total. The Kier molecular flexibility index (Phi) is 6.66. The number of ether oxygens (including phenoxy) is 2. The summed E-state index contributed by atoms with van der Waals surface area (Å²) < 4.78 is 38.6. The monoisotopic (exact) mass is 438 g/mol. The Morgan fingerprint density at radius 1 is 1.17 bits per heavy atom. The Hall–Kier alpha value is -2.29.